The maximum Gasteiger partial charge on any atom is 0.246 e. The summed E-state index contributed by atoms with van der Waals surface area (Å²) < 4.78 is 7.17. The Morgan fingerprint density at radius 2 is 2.00 bits per heavy atom. The van der Waals surface area contributed by atoms with Gasteiger partial charge in [-0.15, -0.1) is 0 Å². The minimum absolute atomic E-state index is 0.182. The number of nitrogens with one attached hydrogen (secondary N) is 1. The number of hydrogen-bond donors (Lipinski definition) is 1. The molecule has 0 spiro atoms. The predicted molar refractivity (Wildman–Crippen MR) is 113 cm³/mol. The average Bonchev–Trinajstić information content (AvgIpc) is 2.98. The van der Waals surface area contributed by atoms with Gasteiger partial charge in [-0.1, -0.05) is 29.3 Å². The van der Waals surface area contributed by atoms with E-state index in [2.05, 4.69) is 20.3 Å². The van der Waals surface area contributed by atoms with Crippen LogP contribution in [0.3, 0.4) is 0 Å². The first-order valence-corrected chi connectivity index (χ1v) is 10.1. The lowest BCUT2D eigenvalue weighted by atomic mass is 10.0. The Morgan fingerprint density at radius 3 is 2.72 bits per heavy atom. The maximum absolute atomic E-state index is 13.3. The highest BCUT2D eigenvalue weighted by Crippen LogP contribution is 2.32. The van der Waals surface area contributed by atoms with Gasteiger partial charge in [-0.3, -0.25) is 14.4 Å². The van der Waals surface area contributed by atoms with E-state index >= 15 is 0 Å². The Labute approximate surface area is 178 Å². The monoisotopic (exact) mass is 433 g/mol. The third-order valence-electron chi connectivity index (χ3n) is 5.05. The number of halogens is 2. The zero-order chi connectivity index (χ0) is 20.5. The van der Waals surface area contributed by atoms with E-state index in [9.17, 15) is 4.79 Å². The summed E-state index contributed by atoms with van der Waals surface area (Å²) in [5.74, 6) is -0.182. The largest absolute Gasteiger partial charge is 0.379 e. The molecule has 1 amide bonds. The molecule has 1 N–H and O–H groups in total. The van der Waals surface area contributed by atoms with Crippen LogP contribution in [0, 0.1) is 6.92 Å². The topological polar surface area (TPSA) is 72.3 Å². The van der Waals surface area contributed by atoms with Gasteiger partial charge in [0.15, 0.2) is 5.65 Å². The van der Waals surface area contributed by atoms with Crippen molar-refractivity contribution in [2.45, 2.75) is 13.0 Å². The molecule has 152 valence electrons. The van der Waals surface area contributed by atoms with Crippen LogP contribution in [0.25, 0.3) is 11.0 Å². The van der Waals surface area contributed by atoms with E-state index in [1.165, 1.54) is 0 Å². The molecule has 0 aliphatic carbocycles. The number of ether oxygens (including phenoxy) is 1. The van der Waals surface area contributed by atoms with Gasteiger partial charge in [0.1, 0.15) is 6.04 Å². The number of fused-ring (bicyclic) bond motifs is 1. The fourth-order valence-electron chi connectivity index (χ4n) is 3.65. The summed E-state index contributed by atoms with van der Waals surface area (Å²) in [5, 5.41) is 9.26. The van der Waals surface area contributed by atoms with Gasteiger partial charge in [0.25, 0.3) is 0 Å². The summed E-state index contributed by atoms with van der Waals surface area (Å²) in [7, 11) is 1.84. The van der Waals surface area contributed by atoms with Crippen LogP contribution in [0.2, 0.25) is 10.0 Å². The zero-order valence-electron chi connectivity index (χ0n) is 16.2. The van der Waals surface area contributed by atoms with Crippen molar-refractivity contribution in [3.05, 3.63) is 51.8 Å². The number of carbonyl (C=O) groups excluding carboxylic acids is 1. The van der Waals surface area contributed by atoms with Crippen molar-refractivity contribution in [3.8, 4) is 0 Å². The summed E-state index contributed by atoms with van der Waals surface area (Å²) in [6, 6.07) is 6.54. The fraction of sp³-hybridized carbons (Fsp3) is 0.350. The van der Waals surface area contributed by atoms with Crippen molar-refractivity contribution in [1.29, 1.82) is 0 Å². The number of pyridine rings is 1. The molecule has 7 nitrogen and oxygen atoms in total. The van der Waals surface area contributed by atoms with Crippen LogP contribution in [-0.2, 0) is 16.6 Å². The van der Waals surface area contributed by atoms with Crippen LogP contribution in [-0.4, -0.2) is 51.9 Å². The van der Waals surface area contributed by atoms with Gasteiger partial charge >= 0.3 is 0 Å². The molecule has 1 atom stereocenters. The summed E-state index contributed by atoms with van der Waals surface area (Å²) in [6.45, 7) is 4.32. The number of aryl methyl sites for hydroxylation is 2. The molecule has 3 aromatic rings. The fourth-order valence-corrected chi connectivity index (χ4v) is 4.16. The molecule has 29 heavy (non-hydrogen) atoms. The van der Waals surface area contributed by atoms with Crippen LogP contribution in [0.15, 0.2) is 30.5 Å². The quantitative estimate of drug-likeness (QED) is 0.680. The Hall–Kier alpha value is -2.19. The molecule has 4 rings (SSSR count). The van der Waals surface area contributed by atoms with Gasteiger partial charge in [0.2, 0.25) is 5.91 Å². The van der Waals surface area contributed by atoms with Gasteiger partial charge in [0.05, 0.1) is 30.8 Å². The standard InChI is InChI=1S/C20H21Cl2N5O2/c1-12-16-10-14(11-23-19(16)26(2)25-12)24-20(28)18(27-5-7-29-8-6-27)15-4-3-13(21)9-17(15)22/h3-4,9-11,18H,5-8H2,1-2H3,(H,24,28). The third-order valence-corrected chi connectivity index (χ3v) is 5.61. The number of rotatable bonds is 4. The lowest BCUT2D eigenvalue weighted by molar-refractivity contribution is -0.123. The Kier molecular flexibility index (Phi) is 5.74. The van der Waals surface area contributed by atoms with Crippen LogP contribution < -0.4 is 5.32 Å². The molecule has 0 saturated carbocycles. The molecule has 9 heteroatoms. The minimum Gasteiger partial charge on any atom is -0.379 e. The van der Waals surface area contributed by atoms with Crippen molar-refractivity contribution in [1.82, 2.24) is 19.7 Å². The lowest BCUT2D eigenvalue weighted by Crippen LogP contribution is -2.44. The molecule has 0 radical (unpaired) electrons. The predicted octanol–water partition coefficient (Wildman–Crippen LogP) is 3.60. The molecule has 3 heterocycles. The summed E-state index contributed by atoms with van der Waals surface area (Å²) in [5.41, 5.74) is 2.95. The van der Waals surface area contributed by atoms with E-state index in [0.29, 0.717) is 47.6 Å². The van der Waals surface area contributed by atoms with E-state index in [-0.39, 0.29) is 5.91 Å². The lowest BCUT2D eigenvalue weighted by Gasteiger charge is -2.34. The first-order valence-electron chi connectivity index (χ1n) is 9.31. The Bertz CT molecular complexity index is 1060. The van der Waals surface area contributed by atoms with Crippen molar-refractivity contribution in [3.63, 3.8) is 0 Å². The molecule has 1 aliphatic rings. The van der Waals surface area contributed by atoms with Crippen LogP contribution in [0.1, 0.15) is 17.3 Å². The van der Waals surface area contributed by atoms with Crippen LogP contribution >= 0.6 is 23.2 Å². The summed E-state index contributed by atoms with van der Waals surface area (Å²) in [4.78, 5) is 19.8. The average molecular weight is 434 g/mol. The number of benzene rings is 1. The van der Waals surface area contributed by atoms with Crippen molar-refractivity contribution in [2.75, 3.05) is 31.6 Å². The number of nitrogens with zero attached hydrogens (tertiary/aromatic N) is 4. The second kappa shape index (κ2) is 8.28. The summed E-state index contributed by atoms with van der Waals surface area (Å²) in [6.07, 6.45) is 1.64. The van der Waals surface area contributed by atoms with E-state index in [0.717, 1.165) is 16.7 Å². The van der Waals surface area contributed by atoms with E-state index in [1.807, 2.05) is 20.0 Å². The Morgan fingerprint density at radius 1 is 1.24 bits per heavy atom. The smallest absolute Gasteiger partial charge is 0.246 e. The third kappa shape index (κ3) is 4.09. The van der Waals surface area contributed by atoms with Crippen molar-refractivity contribution < 1.29 is 9.53 Å². The normalized spacial score (nSPS) is 16.1. The highest BCUT2D eigenvalue weighted by atomic mass is 35.5. The second-order valence-corrected chi connectivity index (χ2v) is 7.85. The first-order chi connectivity index (χ1) is 13.9. The number of hydrogen-bond acceptors (Lipinski definition) is 5. The van der Waals surface area contributed by atoms with Gasteiger partial charge in [-0.2, -0.15) is 5.10 Å². The maximum atomic E-state index is 13.3. The number of amides is 1. The molecule has 1 aromatic carbocycles. The molecule has 1 saturated heterocycles. The zero-order valence-corrected chi connectivity index (χ0v) is 17.7. The Balaban J connectivity index is 1.66. The number of aromatic nitrogens is 3. The van der Waals surface area contributed by atoms with E-state index in [4.69, 9.17) is 27.9 Å². The molecule has 1 aliphatic heterocycles. The van der Waals surface area contributed by atoms with Crippen molar-refractivity contribution in [2.24, 2.45) is 7.05 Å². The first kappa shape index (κ1) is 20.1. The molecular formula is C20H21Cl2N5O2. The number of morpholine rings is 1. The van der Waals surface area contributed by atoms with Gasteiger partial charge in [-0.25, -0.2) is 4.98 Å². The van der Waals surface area contributed by atoms with E-state index < -0.39 is 6.04 Å². The molecule has 1 fully saturated rings. The second-order valence-electron chi connectivity index (χ2n) is 7.01. The molecule has 1 unspecified atom stereocenters. The highest BCUT2D eigenvalue weighted by Gasteiger charge is 2.31. The van der Waals surface area contributed by atoms with Crippen LogP contribution in [0.5, 0.6) is 0 Å². The van der Waals surface area contributed by atoms with Gasteiger partial charge in [0, 0.05) is 35.6 Å². The van der Waals surface area contributed by atoms with E-state index in [1.54, 1.807) is 29.1 Å². The highest BCUT2D eigenvalue weighted by molar-refractivity contribution is 6.35. The summed E-state index contributed by atoms with van der Waals surface area (Å²) >= 11 is 12.5. The minimum atomic E-state index is -0.561. The van der Waals surface area contributed by atoms with Crippen LogP contribution in [0.4, 0.5) is 5.69 Å². The molecular weight excluding hydrogens is 413 g/mol. The van der Waals surface area contributed by atoms with Crippen molar-refractivity contribution >= 4 is 45.8 Å². The molecule has 0 bridgehead atoms. The number of anilines is 1. The van der Waals surface area contributed by atoms with Gasteiger partial charge < -0.3 is 10.1 Å². The SMILES string of the molecule is Cc1nn(C)c2ncc(NC(=O)C(c3ccc(Cl)cc3Cl)N3CCOCC3)cc12. The number of carbonyl (C=O) groups is 1. The van der Waals surface area contributed by atoms with Gasteiger partial charge in [-0.05, 0) is 30.7 Å². The molecule has 2 aromatic heterocycles.